The molecule has 1 fully saturated rings. The SMILES string of the molecule is Cc1cc(C)n(Cc2cccc(C(=O)N3CCC(c4ncc[nH]4)CC3)c2)n1. The third-order valence-electron chi connectivity index (χ3n) is 5.30. The smallest absolute Gasteiger partial charge is 0.253 e. The highest BCUT2D eigenvalue weighted by atomic mass is 16.2. The fraction of sp³-hybridized carbons (Fsp3) is 0.381. The van der Waals surface area contributed by atoms with E-state index in [-0.39, 0.29) is 5.91 Å². The molecule has 4 rings (SSSR count). The number of hydrogen-bond acceptors (Lipinski definition) is 3. The molecule has 27 heavy (non-hydrogen) atoms. The molecule has 0 spiro atoms. The van der Waals surface area contributed by atoms with Crippen LogP contribution in [0.5, 0.6) is 0 Å². The van der Waals surface area contributed by atoms with Crippen LogP contribution in [0.1, 0.15) is 51.9 Å². The Bertz CT molecular complexity index is 920. The Kier molecular flexibility index (Phi) is 4.79. The van der Waals surface area contributed by atoms with Crippen LogP contribution in [0.25, 0.3) is 0 Å². The van der Waals surface area contributed by atoms with Crippen LogP contribution in [0.3, 0.4) is 0 Å². The van der Waals surface area contributed by atoms with Gasteiger partial charge in [0, 0.05) is 42.7 Å². The number of benzene rings is 1. The van der Waals surface area contributed by atoms with Gasteiger partial charge in [0.05, 0.1) is 12.2 Å². The first-order chi connectivity index (χ1) is 13.1. The molecule has 0 atom stereocenters. The number of nitrogens with zero attached hydrogens (tertiary/aromatic N) is 4. The molecule has 0 aliphatic carbocycles. The summed E-state index contributed by atoms with van der Waals surface area (Å²) >= 11 is 0. The molecule has 6 nitrogen and oxygen atoms in total. The van der Waals surface area contributed by atoms with Crippen molar-refractivity contribution < 1.29 is 4.79 Å². The molecule has 0 bridgehead atoms. The highest BCUT2D eigenvalue weighted by Gasteiger charge is 2.25. The fourth-order valence-electron chi connectivity index (χ4n) is 3.85. The Morgan fingerprint density at radius 1 is 1.22 bits per heavy atom. The number of aromatic nitrogens is 4. The summed E-state index contributed by atoms with van der Waals surface area (Å²) in [5.41, 5.74) is 3.99. The maximum atomic E-state index is 12.9. The number of piperidine rings is 1. The predicted molar refractivity (Wildman–Crippen MR) is 104 cm³/mol. The van der Waals surface area contributed by atoms with E-state index >= 15 is 0 Å². The minimum atomic E-state index is 0.114. The van der Waals surface area contributed by atoms with Gasteiger partial charge in [-0.05, 0) is 50.5 Å². The minimum absolute atomic E-state index is 0.114. The lowest BCUT2D eigenvalue weighted by atomic mass is 9.95. The average Bonchev–Trinajstić information content (AvgIpc) is 3.32. The zero-order valence-corrected chi connectivity index (χ0v) is 15.9. The molecule has 1 amide bonds. The van der Waals surface area contributed by atoms with Gasteiger partial charge in [0.15, 0.2) is 0 Å². The van der Waals surface area contributed by atoms with E-state index in [9.17, 15) is 4.79 Å². The molecule has 1 aliphatic rings. The van der Waals surface area contributed by atoms with Gasteiger partial charge in [0.25, 0.3) is 5.91 Å². The molecule has 2 aromatic heterocycles. The van der Waals surface area contributed by atoms with Gasteiger partial charge in [-0.15, -0.1) is 0 Å². The second-order valence-electron chi connectivity index (χ2n) is 7.33. The molecule has 1 N–H and O–H groups in total. The lowest BCUT2D eigenvalue weighted by molar-refractivity contribution is 0.0711. The van der Waals surface area contributed by atoms with Gasteiger partial charge in [0.2, 0.25) is 0 Å². The van der Waals surface area contributed by atoms with Crippen LogP contribution in [-0.2, 0) is 6.54 Å². The Hall–Kier alpha value is -2.89. The molecular weight excluding hydrogens is 338 g/mol. The van der Waals surface area contributed by atoms with Crippen molar-refractivity contribution in [1.29, 1.82) is 0 Å². The Balaban J connectivity index is 1.43. The molecule has 1 saturated heterocycles. The quantitative estimate of drug-likeness (QED) is 0.773. The van der Waals surface area contributed by atoms with Crippen LogP contribution in [0.15, 0.2) is 42.7 Å². The van der Waals surface area contributed by atoms with Gasteiger partial charge in [-0.3, -0.25) is 9.48 Å². The monoisotopic (exact) mass is 363 g/mol. The van der Waals surface area contributed by atoms with Crippen LogP contribution < -0.4 is 0 Å². The summed E-state index contributed by atoms with van der Waals surface area (Å²) < 4.78 is 1.98. The number of rotatable bonds is 4. The first-order valence-electron chi connectivity index (χ1n) is 9.48. The third kappa shape index (κ3) is 3.79. The zero-order chi connectivity index (χ0) is 18.8. The number of carbonyl (C=O) groups excluding carboxylic acids is 1. The van der Waals surface area contributed by atoms with Crippen LogP contribution in [0, 0.1) is 13.8 Å². The van der Waals surface area contributed by atoms with Crippen LogP contribution >= 0.6 is 0 Å². The van der Waals surface area contributed by atoms with E-state index in [4.69, 9.17) is 0 Å². The summed E-state index contributed by atoms with van der Waals surface area (Å²) in [6.45, 7) is 6.27. The van der Waals surface area contributed by atoms with E-state index in [2.05, 4.69) is 34.1 Å². The maximum absolute atomic E-state index is 12.9. The third-order valence-corrected chi connectivity index (χ3v) is 5.30. The summed E-state index contributed by atoms with van der Waals surface area (Å²) in [4.78, 5) is 22.5. The van der Waals surface area contributed by atoms with Gasteiger partial charge >= 0.3 is 0 Å². The first kappa shape index (κ1) is 17.5. The lowest BCUT2D eigenvalue weighted by Crippen LogP contribution is -2.38. The van der Waals surface area contributed by atoms with E-state index in [0.717, 1.165) is 54.3 Å². The van der Waals surface area contributed by atoms with Crippen LogP contribution in [0.2, 0.25) is 0 Å². The number of carbonyl (C=O) groups is 1. The van der Waals surface area contributed by atoms with Crippen molar-refractivity contribution in [3.63, 3.8) is 0 Å². The van der Waals surface area contributed by atoms with E-state index in [1.54, 1.807) is 6.20 Å². The maximum Gasteiger partial charge on any atom is 0.253 e. The number of likely N-dealkylation sites (tertiary alicyclic amines) is 1. The summed E-state index contributed by atoms with van der Waals surface area (Å²) in [6.07, 6.45) is 5.55. The molecule has 0 radical (unpaired) electrons. The van der Waals surface area contributed by atoms with E-state index in [1.165, 1.54) is 0 Å². The van der Waals surface area contributed by atoms with Crippen molar-refractivity contribution >= 4 is 5.91 Å². The highest BCUT2D eigenvalue weighted by molar-refractivity contribution is 5.94. The van der Waals surface area contributed by atoms with Crippen molar-refractivity contribution in [2.45, 2.75) is 39.2 Å². The number of aryl methyl sites for hydroxylation is 2. The molecule has 0 saturated carbocycles. The second-order valence-corrected chi connectivity index (χ2v) is 7.33. The number of amides is 1. The van der Waals surface area contributed by atoms with Gasteiger partial charge in [-0.25, -0.2) is 4.98 Å². The van der Waals surface area contributed by atoms with Gasteiger partial charge in [-0.1, -0.05) is 12.1 Å². The normalized spacial score (nSPS) is 15.3. The zero-order valence-electron chi connectivity index (χ0n) is 15.9. The highest BCUT2D eigenvalue weighted by Crippen LogP contribution is 2.26. The van der Waals surface area contributed by atoms with Crippen molar-refractivity contribution in [1.82, 2.24) is 24.6 Å². The van der Waals surface area contributed by atoms with Gasteiger partial charge in [-0.2, -0.15) is 5.10 Å². The molecule has 3 heterocycles. The van der Waals surface area contributed by atoms with Crippen molar-refractivity contribution in [3.8, 4) is 0 Å². The molecule has 1 aromatic carbocycles. The van der Waals surface area contributed by atoms with Crippen molar-refractivity contribution in [2.75, 3.05) is 13.1 Å². The van der Waals surface area contributed by atoms with Crippen LogP contribution in [-0.4, -0.2) is 43.6 Å². The lowest BCUT2D eigenvalue weighted by Gasteiger charge is -2.31. The molecule has 6 heteroatoms. The molecular formula is C21H25N5O. The summed E-state index contributed by atoms with van der Waals surface area (Å²) in [6, 6.07) is 9.99. The summed E-state index contributed by atoms with van der Waals surface area (Å²) in [7, 11) is 0. The summed E-state index contributed by atoms with van der Waals surface area (Å²) in [5, 5.41) is 4.51. The molecule has 0 unspecified atom stereocenters. The van der Waals surface area contributed by atoms with E-state index in [1.807, 2.05) is 40.9 Å². The standard InChI is InChI=1S/C21H25N5O/c1-15-12-16(2)26(24-15)14-17-4-3-5-19(13-17)21(27)25-10-6-18(7-11-25)20-22-8-9-23-20/h3-5,8-9,12-13,18H,6-7,10-11,14H2,1-2H3,(H,22,23). The predicted octanol–water partition coefficient (Wildman–Crippen LogP) is 3.29. The van der Waals surface area contributed by atoms with E-state index < -0.39 is 0 Å². The van der Waals surface area contributed by atoms with Crippen molar-refractivity contribution in [3.05, 3.63) is 71.1 Å². The Labute approximate surface area is 159 Å². The average molecular weight is 363 g/mol. The molecule has 3 aromatic rings. The largest absolute Gasteiger partial charge is 0.348 e. The second kappa shape index (κ2) is 7.39. The van der Waals surface area contributed by atoms with Crippen molar-refractivity contribution in [2.24, 2.45) is 0 Å². The van der Waals surface area contributed by atoms with E-state index in [0.29, 0.717) is 12.5 Å². The molecule has 1 aliphatic heterocycles. The minimum Gasteiger partial charge on any atom is -0.348 e. The Morgan fingerprint density at radius 2 is 2.04 bits per heavy atom. The first-order valence-corrected chi connectivity index (χ1v) is 9.48. The topological polar surface area (TPSA) is 66.8 Å². The number of H-pyrrole nitrogens is 1. The number of imidazole rings is 1. The number of aromatic amines is 1. The van der Waals surface area contributed by atoms with Crippen LogP contribution in [0.4, 0.5) is 0 Å². The number of hydrogen-bond donors (Lipinski definition) is 1. The Morgan fingerprint density at radius 3 is 2.70 bits per heavy atom. The van der Waals surface area contributed by atoms with Gasteiger partial charge < -0.3 is 9.88 Å². The fourth-order valence-corrected chi connectivity index (χ4v) is 3.85. The van der Waals surface area contributed by atoms with Gasteiger partial charge in [0.1, 0.15) is 5.82 Å². The molecule has 140 valence electrons. The summed E-state index contributed by atoms with van der Waals surface area (Å²) in [5.74, 6) is 1.57. The number of nitrogens with one attached hydrogen (secondary N) is 1.